The van der Waals surface area contributed by atoms with Crippen LogP contribution in [0.15, 0.2) is 12.1 Å². The zero-order valence-corrected chi connectivity index (χ0v) is 13.4. The maximum atomic E-state index is 13.5. The molecule has 5 nitrogen and oxygen atoms in total. The number of fused-ring (bicyclic) bond motifs is 1. The van der Waals surface area contributed by atoms with E-state index in [1.807, 2.05) is 0 Å². The highest BCUT2D eigenvalue weighted by molar-refractivity contribution is 6.15. The van der Waals surface area contributed by atoms with Gasteiger partial charge >= 0.3 is 0 Å². The summed E-state index contributed by atoms with van der Waals surface area (Å²) in [5.74, 6) is -2.28. The summed E-state index contributed by atoms with van der Waals surface area (Å²) >= 11 is 0. The first-order valence-electron chi connectivity index (χ1n) is 8.08. The van der Waals surface area contributed by atoms with E-state index in [1.165, 1.54) is 6.07 Å². The third-order valence-electron chi connectivity index (χ3n) is 4.87. The minimum Gasteiger partial charge on any atom is -0.296 e. The first-order chi connectivity index (χ1) is 11.4. The van der Waals surface area contributed by atoms with E-state index in [9.17, 15) is 23.6 Å². The Morgan fingerprint density at radius 1 is 1.12 bits per heavy atom. The molecule has 0 saturated carbocycles. The number of imide groups is 1. The van der Waals surface area contributed by atoms with Gasteiger partial charge in [0.15, 0.2) is 11.6 Å². The van der Waals surface area contributed by atoms with Crippen LogP contribution in [-0.2, 0) is 9.59 Å². The molecular formula is C18H18FNO4. The average Bonchev–Trinajstić information content (AvgIpc) is 2.50. The van der Waals surface area contributed by atoms with Gasteiger partial charge in [-0.05, 0) is 43.9 Å². The zero-order valence-electron chi connectivity index (χ0n) is 13.4. The fourth-order valence-corrected chi connectivity index (χ4v) is 3.57. The lowest BCUT2D eigenvalue weighted by Gasteiger charge is -2.26. The molecule has 2 unspecified atom stereocenters. The lowest BCUT2D eigenvalue weighted by molar-refractivity contribution is -0.136. The minimum atomic E-state index is -0.519. The van der Waals surface area contributed by atoms with Crippen molar-refractivity contribution in [3.8, 4) is 0 Å². The molecule has 3 rings (SSSR count). The molecule has 24 heavy (non-hydrogen) atoms. The van der Waals surface area contributed by atoms with Crippen molar-refractivity contribution in [1.82, 2.24) is 5.32 Å². The van der Waals surface area contributed by atoms with Gasteiger partial charge in [0.25, 0.3) is 0 Å². The highest BCUT2D eigenvalue weighted by Crippen LogP contribution is 2.32. The number of benzene rings is 1. The van der Waals surface area contributed by atoms with Crippen LogP contribution in [0.3, 0.4) is 0 Å². The van der Waals surface area contributed by atoms with Crippen molar-refractivity contribution < 1.29 is 23.6 Å². The smallest absolute Gasteiger partial charge is 0.229 e. The molecule has 0 spiro atoms. The molecule has 6 heteroatoms. The highest BCUT2D eigenvalue weighted by atomic mass is 19.1. The monoisotopic (exact) mass is 331 g/mol. The van der Waals surface area contributed by atoms with Crippen LogP contribution in [0, 0.1) is 24.6 Å². The lowest BCUT2D eigenvalue weighted by atomic mass is 9.76. The Kier molecular flexibility index (Phi) is 4.30. The molecule has 1 heterocycles. The van der Waals surface area contributed by atoms with Gasteiger partial charge in [0, 0.05) is 35.8 Å². The number of halogens is 1. The van der Waals surface area contributed by atoms with Gasteiger partial charge in [-0.25, -0.2) is 4.39 Å². The van der Waals surface area contributed by atoms with Gasteiger partial charge in [-0.15, -0.1) is 0 Å². The first kappa shape index (κ1) is 16.5. The molecule has 2 amide bonds. The number of nitrogens with one attached hydrogen (secondary N) is 1. The van der Waals surface area contributed by atoms with E-state index in [-0.39, 0.29) is 41.3 Å². The van der Waals surface area contributed by atoms with Gasteiger partial charge in [-0.2, -0.15) is 0 Å². The largest absolute Gasteiger partial charge is 0.296 e. The van der Waals surface area contributed by atoms with E-state index in [1.54, 1.807) is 6.92 Å². The van der Waals surface area contributed by atoms with Crippen molar-refractivity contribution in [2.24, 2.45) is 11.8 Å². The Labute approximate surface area is 138 Å². The molecular weight excluding hydrogens is 313 g/mol. The van der Waals surface area contributed by atoms with Gasteiger partial charge in [-0.1, -0.05) is 0 Å². The Hall–Kier alpha value is -2.37. The van der Waals surface area contributed by atoms with E-state index < -0.39 is 11.7 Å². The molecule has 126 valence electrons. The summed E-state index contributed by atoms with van der Waals surface area (Å²) in [6, 6.07) is 2.38. The normalized spacial score (nSPS) is 23.9. The van der Waals surface area contributed by atoms with Crippen LogP contribution in [0.2, 0.25) is 0 Å². The molecule has 1 N–H and O–H groups in total. The minimum absolute atomic E-state index is 0.0436. The van der Waals surface area contributed by atoms with Crippen LogP contribution in [0.4, 0.5) is 4.39 Å². The number of hydrogen-bond donors (Lipinski definition) is 1. The number of amides is 2. The molecule has 0 radical (unpaired) electrons. The van der Waals surface area contributed by atoms with Crippen LogP contribution in [-0.4, -0.2) is 23.4 Å². The number of aryl methyl sites for hydroxylation is 1. The summed E-state index contributed by atoms with van der Waals surface area (Å²) in [4.78, 5) is 47.9. The van der Waals surface area contributed by atoms with Crippen molar-refractivity contribution in [1.29, 1.82) is 0 Å². The van der Waals surface area contributed by atoms with Crippen LogP contribution in [0.25, 0.3) is 0 Å². The van der Waals surface area contributed by atoms with Gasteiger partial charge in [-0.3, -0.25) is 24.5 Å². The van der Waals surface area contributed by atoms with Crippen LogP contribution < -0.4 is 5.32 Å². The number of hydrogen-bond acceptors (Lipinski definition) is 4. The summed E-state index contributed by atoms with van der Waals surface area (Å²) in [5, 5.41) is 2.30. The molecule has 2 atom stereocenters. The second-order valence-electron chi connectivity index (χ2n) is 6.56. The van der Waals surface area contributed by atoms with E-state index in [0.29, 0.717) is 36.8 Å². The van der Waals surface area contributed by atoms with E-state index >= 15 is 0 Å². The second-order valence-corrected chi connectivity index (χ2v) is 6.56. The molecule has 0 aromatic heterocycles. The van der Waals surface area contributed by atoms with Crippen molar-refractivity contribution in [2.45, 2.75) is 39.0 Å². The van der Waals surface area contributed by atoms with E-state index in [4.69, 9.17) is 0 Å². The number of ketones is 2. The average molecular weight is 331 g/mol. The number of piperidine rings is 1. The van der Waals surface area contributed by atoms with Crippen molar-refractivity contribution in [2.75, 3.05) is 0 Å². The van der Waals surface area contributed by atoms with Crippen molar-refractivity contribution in [3.63, 3.8) is 0 Å². The summed E-state index contributed by atoms with van der Waals surface area (Å²) < 4.78 is 13.5. The second kappa shape index (κ2) is 6.26. The maximum Gasteiger partial charge on any atom is 0.229 e. The summed E-state index contributed by atoms with van der Waals surface area (Å²) in [5.41, 5.74) is 0.935. The number of carbonyl (C=O) groups is 4. The number of rotatable bonds is 3. The Bertz CT molecular complexity index is 756. The maximum absolute atomic E-state index is 13.5. The summed E-state index contributed by atoms with van der Waals surface area (Å²) in [7, 11) is 0. The van der Waals surface area contributed by atoms with Crippen LogP contribution in [0.1, 0.15) is 58.4 Å². The Morgan fingerprint density at radius 2 is 1.83 bits per heavy atom. The molecule has 1 aliphatic carbocycles. The predicted octanol–water partition coefficient (Wildman–Crippen LogP) is 2.35. The Balaban J connectivity index is 1.74. The van der Waals surface area contributed by atoms with Crippen molar-refractivity contribution in [3.05, 3.63) is 34.6 Å². The van der Waals surface area contributed by atoms with Gasteiger partial charge in [0.05, 0.1) is 0 Å². The van der Waals surface area contributed by atoms with Crippen LogP contribution in [0.5, 0.6) is 0 Å². The van der Waals surface area contributed by atoms with Crippen LogP contribution >= 0.6 is 0 Å². The van der Waals surface area contributed by atoms with Crippen molar-refractivity contribution >= 4 is 23.4 Å². The molecule has 1 aromatic rings. The Morgan fingerprint density at radius 3 is 2.54 bits per heavy atom. The molecule has 1 fully saturated rings. The quantitative estimate of drug-likeness (QED) is 0.862. The molecule has 1 aliphatic heterocycles. The number of Topliss-reactive ketones (excluding diaryl/α,β-unsaturated/α-hetero) is 2. The fourth-order valence-electron chi connectivity index (χ4n) is 3.57. The van der Waals surface area contributed by atoms with Gasteiger partial charge in [0.2, 0.25) is 11.8 Å². The first-order valence-corrected chi connectivity index (χ1v) is 8.08. The topological polar surface area (TPSA) is 80.3 Å². The predicted molar refractivity (Wildman–Crippen MR) is 83.0 cm³/mol. The molecule has 1 aromatic carbocycles. The fraction of sp³-hybridized carbons (Fsp3) is 0.444. The van der Waals surface area contributed by atoms with Gasteiger partial charge < -0.3 is 0 Å². The molecule has 2 aliphatic rings. The molecule has 1 saturated heterocycles. The third-order valence-corrected chi connectivity index (χ3v) is 4.87. The van der Waals surface area contributed by atoms with E-state index in [0.717, 1.165) is 6.07 Å². The standard InChI is InChI=1S/C18H18FNO4/c1-9-6-12(19)8-13-14(21)7-11(17(23)16(9)13)3-2-10-4-5-15(22)20-18(10)24/h6,8,10-11H,2-5,7H2,1H3,(H,20,22,24). The zero-order chi connectivity index (χ0) is 17.4. The number of carbonyl (C=O) groups excluding carboxylic acids is 4. The lowest BCUT2D eigenvalue weighted by Crippen LogP contribution is -2.41. The molecule has 0 bridgehead atoms. The summed E-state index contributed by atoms with van der Waals surface area (Å²) in [6.07, 6.45) is 1.68. The van der Waals surface area contributed by atoms with Gasteiger partial charge in [0.1, 0.15) is 5.82 Å². The SMILES string of the molecule is Cc1cc(F)cc2c1C(=O)C(CCC1CCC(=O)NC1=O)CC2=O. The highest BCUT2D eigenvalue weighted by Gasteiger charge is 2.35. The third kappa shape index (κ3) is 3.00. The summed E-state index contributed by atoms with van der Waals surface area (Å²) in [6.45, 7) is 1.62. The van der Waals surface area contributed by atoms with E-state index in [2.05, 4.69) is 5.32 Å².